The molecule has 0 aromatic heterocycles. The first-order chi connectivity index (χ1) is 17.5. The summed E-state index contributed by atoms with van der Waals surface area (Å²) in [5.74, 6) is 17.4. The molecule has 17 atom stereocenters. The van der Waals surface area contributed by atoms with Crippen LogP contribution in [0.15, 0.2) is 0 Å². The Morgan fingerprint density at radius 1 is 0.263 bits per heavy atom. The summed E-state index contributed by atoms with van der Waals surface area (Å²) in [5.41, 5.74) is 0. The highest BCUT2D eigenvalue weighted by Crippen LogP contribution is 2.60. The first-order valence-electron chi connectivity index (χ1n) is 17.5. The van der Waals surface area contributed by atoms with Gasteiger partial charge in [0.1, 0.15) is 0 Å². The van der Waals surface area contributed by atoms with Crippen molar-refractivity contribution in [3.8, 4) is 0 Å². The monoisotopic (exact) mass is 529 g/mol. The maximum absolute atomic E-state index is 2.75. The largest absolute Gasteiger partial charge is 0.0620 e. The number of rotatable bonds is 5. The van der Waals surface area contributed by atoms with Gasteiger partial charge in [-0.3, -0.25) is 0 Å². The van der Waals surface area contributed by atoms with Crippen molar-refractivity contribution in [2.24, 2.45) is 124 Å². The molecule has 3 aliphatic carbocycles. The highest BCUT2D eigenvalue weighted by molar-refractivity contribution is 5.02. The smallest absolute Gasteiger partial charge is 0.0318 e. The van der Waals surface area contributed by atoms with E-state index >= 15 is 0 Å². The lowest BCUT2D eigenvalue weighted by Crippen LogP contribution is -2.55. The van der Waals surface area contributed by atoms with Gasteiger partial charge in [0, 0.05) is 0 Å². The average Bonchev–Trinajstić information content (AvgIpc) is 2.89. The first-order valence-corrected chi connectivity index (χ1v) is 17.5. The van der Waals surface area contributed by atoms with Gasteiger partial charge in [-0.1, -0.05) is 118 Å². The fraction of sp³-hybridized carbons (Fsp3) is 1.00. The van der Waals surface area contributed by atoms with Crippen molar-refractivity contribution in [1.82, 2.24) is 0 Å². The first kappa shape index (κ1) is 32.5. The topological polar surface area (TPSA) is 0 Å². The van der Waals surface area contributed by atoms with Crippen LogP contribution >= 0.6 is 0 Å². The molecule has 0 aliphatic heterocycles. The minimum absolute atomic E-state index is 0.781. The summed E-state index contributed by atoms with van der Waals surface area (Å²) in [5, 5.41) is 0. The molecule has 0 heterocycles. The molecule has 0 spiro atoms. The second kappa shape index (κ2) is 12.1. The van der Waals surface area contributed by atoms with Gasteiger partial charge in [0.25, 0.3) is 0 Å². The van der Waals surface area contributed by atoms with Crippen LogP contribution in [0.25, 0.3) is 0 Å². The summed E-state index contributed by atoms with van der Waals surface area (Å²) in [6, 6.07) is 0. The molecule has 3 saturated carbocycles. The van der Waals surface area contributed by atoms with Crippen molar-refractivity contribution in [3.63, 3.8) is 0 Å². The predicted octanol–water partition coefficient (Wildman–Crippen LogP) is 11.3. The van der Waals surface area contributed by atoms with Gasteiger partial charge in [0.15, 0.2) is 0 Å². The summed E-state index contributed by atoms with van der Waals surface area (Å²) in [6.07, 6.45) is 0. The molecule has 0 saturated heterocycles. The van der Waals surface area contributed by atoms with E-state index in [1.54, 1.807) is 0 Å². The lowest BCUT2D eigenvalue weighted by Gasteiger charge is -2.60. The van der Waals surface area contributed by atoms with Crippen LogP contribution in [0.1, 0.15) is 118 Å². The van der Waals surface area contributed by atoms with E-state index in [0.29, 0.717) is 0 Å². The molecule has 0 amide bonds. The van der Waals surface area contributed by atoms with Crippen molar-refractivity contribution in [3.05, 3.63) is 0 Å². The lowest BCUT2D eigenvalue weighted by atomic mass is 9.45. The molecule has 3 aliphatic rings. The summed E-state index contributed by atoms with van der Waals surface area (Å²) in [6.45, 7) is 44.6. The van der Waals surface area contributed by atoms with Crippen molar-refractivity contribution < 1.29 is 0 Å². The minimum Gasteiger partial charge on any atom is -0.0620 e. The third-order valence-corrected chi connectivity index (χ3v) is 16.5. The normalized spacial score (nSPS) is 56.8. The molecule has 3 rings (SSSR count). The molecule has 11 unspecified atom stereocenters. The van der Waals surface area contributed by atoms with Gasteiger partial charge in [-0.15, -0.1) is 0 Å². The molecule has 0 N–H and O–H groups in total. The van der Waals surface area contributed by atoms with E-state index in [2.05, 4.69) is 118 Å². The third-order valence-electron chi connectivity index (χ3n) is 16.5. The Labute approximate surface area is 241 Å². The Hall–Kier alpha value is 0. The molecule has 0 aromatic rings. The van der Waals surface area contributed by atoms with Crippen LogP contribution in [0.4, 0.5) is 0 Å². The zero-order valence-corrected chi connectivity index (χ0v) is 29.1. The zero-order valence-electron chi connectivity index (χ0n) is 29.1. The summed E-state index contributed by atoms with van der Waals surface area (Å²) >= 11 is 0. The molecular weight excluding hydrogens is 456 g/mol. The van der Waals surface area contributed by atoms with E-state index in [4.69, 9.17) is 0 Å². The molecule has 3 fully saturated rings. The SMILES string of the molecule is CC1C(C)C(C)C(C(C)C(C)C(C2C(C)[C@@H](C)C(C)C(C)[C@@H]2C)C2[C@@H](C)[C@@H](C)C(C)[C@H](C)[C@@H]2C)C(C)C1C. The fourth-order valence-corrected chi connectivity index (χ4v) is 11.9. The van der Waals surface area contributed by atoms with Crippen LogP contribution in [0.2, 0.25) is 0 Å². The summed E-state index contributed by atoms with van der Waals surface area (Å²) in [4.78, 5) is 0. The van der Waals surface area contributed by atoms with Gasteiger partial charge in [-0.05, 0) is 124 Å². The van der Waals surface area contributed by atoms with Gasteiger partial charge in [0.2, 0.25) is 0 Å². The van der Waals surface area contributed by atoms with E-state index in [-0.39, 0.29) is 0 Å². The van der Waals surface area contributed by atoms with E-state index < -0.39 is 0 Å². The van der Waals surface area contributed by atoms with Crippen LogP contribution in [-0.4, -0.2) is 0 Å². The summed E-state index contributed by atoms with van der Waals surface area (Å²) < 4.78 is 0. The fourth-order valence-electron chi connectivity index (χ4n) is 11.9. The predicted molar refractivity (Wildman–Crippen MR) is 170 cm³/mol. The zero-order chi connectivity index (χ0) is 29.1. The van der Waals surface area contributed by atoms with Crippen LogP contribution in [0, 0.1) is 124 Å². The van der Waals surface area contributed by atoms with E-state index in [9.17, 15) is 0 Å². The standard InChI is InChI=1S/C38H72/c1-18-21(4)27(10)35(28(11)22(18)5)33(16)34(17)38(36-29(12)23(6)19(2)24(7)30(36)13)37-31(14)25(8)20(3)26(9)32(37)15/h18-38H,1-17H3/t18?,19?,20?,21?,22?,23-,24-,25-,26?,27?,28?,29-,30-,31?,32-,33?,34?,35?,36?,37?,38?/m0/s1. The van der Waals surface area contributed by atoms with E-state index in [1.165, 1.54) is 0 Å². The minimum atomic E-state index is 0.781. The molecule has 0 aromatic carbocycles. The van der Waals surface area contributed by atoms with Crippen LogP contribution in [0.3, 0.4) is 0 Å². The van der Waals surface area contributed by atoms with Crippen molar-refractivity contribution in [2.75, 3.05) is 0 Å². The molecule has 0 radical (unpaired) electrons. The Morgan fingerprint density at radius 3 is 0.684 bits per heavy atom. The van der Waals surface area contributed by atoms with Gasteiger partial charge < -0.3 is 0 Å². The van der Waals surface area contributed by atoms with Crippen molar-refractivity contribution >= 4 is 0 Å². The van der Waals surface area contributed by atoms with Crippen LogP contribution in [-0.2, 0) is 0 Å². The molecule has 0 heteroatoms. The van der Waals surface area contributed by atoms with Gasteiger partial charge in [0.05, 0.1) is 0 Å². The van der Waals surface area contributed by atoms with E-state index in [0.717, 1.165) is 124 Å². The molecular formula is C38H72. The second-order valence-electron chi connectivity index (χ2n) is 16.9. The van der Waals surface area contributed by atoms with Gasteiger partial charge in [-0.2, -0.15) is 0 Å². The Balaban J connectivity index is 2.11. The summed E-state index contributed by atoms with van der Waals surface area (Å²) in [7, 11) is 0. The lowest BCUT2D eigenvalue weighted by molar-refractivity contribution is -0.118. The quantitative estimate of drug-likeness (QED) is 0.333. The van der Waals surface area contributed by atoms with Crippen LogP contribution < -0.4 is 0 Å². The maximum Gasteiger partial charge on any atom is -0.0318 e. The average molecular weight is 529 g/mol. The van der Waals surface area contributed by atoms with Crippen molar-refractivity contribution in [2.45, 2.75) is 118 Å². The number of hydrogen-bond acceptors (Lipinski definition) is 0. The highest BCUT2D eigenvalue weighted by Gasteiger charge is 2.55. The van der Waals surface area contributed by atoms with Gasteiger partial charge in [-0.25, -0.2) is 0 Å². The Morgan fingerprint density at radius 2 is 0.447 bits per heavy atom. The Kier molecular flexibility index (Phi) is 10.3. The van der Waals surface area contributed by atoms with Gasteiger partial charge >= 0.3 is 0 Å². The maximum atomic E-state index is 2.75. The van der Waals surface area contributed by atoms with E-state index in [1.807, 2.05) is 0 Å². The van der Waals surface area contributed by atoms with Crippen molar-refractivity contribution in [1.29, 1.82) is 0 Å². The number of hydrogen-bond donors (Lipinski definition) is 0. The molecule has 224 valence electrons. The Bertz CT molecular complexity index is 667. The highest BCUT2D eigenvalue weighted by atomic mass is 14.6. The molecule has 0 bridgehead atoms. The van der Waals surface area contributed by atoms with Crippen LogP contribution in [0.5, 0.6) is 0 Å². The second-order valence-corrected chi connectivity index (χ2v) is 16.9. The third kappa shape index (κ3) is 5.21. The molecule has 0 nitrogen and oxygen atoms in total. The molecule has 38 heavy (non-hydrogen) atoms.